The number of hydrogen-bond donors (Lipinski definition) is 1. The third kappa shape index (κ3) is 3.94. The molecular formula is C25H26N2O4. The van der Waals surface area contributed by atoms with Crippen molar-refractivity contribution in [3.63, 3.8) is 0 Å². The van der Waals surface area contributed by atoms with Crippen molar-refractivity contribution in [1.29, 1.82) is 0 Å². The number of benzene rings is 1. The van der Waals surface area contributed by atoms with Crippen LogP contribution in [0.1, 0.15) is 43.0 Å². The van der Waals surface area contributed by atoms with Gasteiger partial charge in [-0.3, -0.25) is 4.79 Å². The molecule has 1 aromatic carbocycles. The van der Waals surface area contributed by atoms with Crippen molar-refractivity contribution in [1.82, 2.24) is 10.3 Å². The first-order valence-electron chi connectivity index (χ1n) is 11.0. The average molecular weight is 418 g/mol. The molecule has 6 heteroatoms. The van der Waals surface area contributed by atoms with Gasteiger partial charge in [0.2, 0.25) is 0 Å². The monoisotopic (exact) mass is 418 g/mol. The molecule has 4 atom stereocenters. The zero-order valence-corrected chi connectivity index (χ0v) is 17.5. The van der Waals surface area contributed by atoms with Gasteiger partial charge in [-0.05, 0) is 68.2 Å². The predicted molar refractivity (Wildman–Crippen MR) is 116 cm³/mol. The largest absolute Gasteiger partial charge is 0.463 e. The molecule has 0 radical (unpaired) electrons. The van der Waals surface area contributed by atoms with Gasteiger partial charge >= 0.3 is 5.97 Å². The molecular weight excluding hydrogens is 392 g/mol. The minimum absolute atomic E-state index is 0.105. The SMILES string of the molecule is C[C@@H](NC(=O)COC(=O)c1cc(-c2ccco2)nc2ccccc12)[C@@H]1C[C@H]2CC[C@H]1C2. The van der Waals surface area contributed by atoms with Crippen molar-refractivity contribution in [3.05, 3.63) is 54.3 Å². The van der Waals surface area contributed by atoms with Crippen LogP contribution in [0.3, 0.4) is 0 Å². The molecule has 2 aliphatic carbocycles. The minimum Gasteiger partial charge on any atom is -0.463 e. The van der Waals surface area contributed by atoms with E-state index in [0.717, 1.165) is 11.8 Å². The molecule has 31 heavy (non-hydrogen) atoms. The third-order valence-electron chi connectivity index (χ3n) is 6.87. The summed E-state index contributed by atoms with van der Waals surface area (Å²) in [5.41, 5.74) is 1.58. The summed E-state index contributed by atoms with van der Waals surface area (Å²) in [5, 5.41) is 3.72. The predicted octanol–water partition coefficient (Wildman–Crippen LogP) is 4.59. The molecule has 1 N–H and O–H groups in total. The van der Waals surface area contributed by atoms with E-state index in [1.807, 2.05) is 24.3 Å². The Morgan fingerprint density at radius 1 is 1.19 bits per heavy atom. The summed E-state index contributed by atoms with van der Waals surface area (Å²) in [7, 11) is 0. The molecule has 2 aromatic heterocycles. The second kappa shape index (κ2) is 8.17. The third-order valence-corrected chi connectivity index (χ3v) is 6.87. The first kappa shape index (κ1) is 19.8. The van der Waals surface area contributed by atoms with E-state index in [0.29, 0.717) is 33.8 Å². The normalized spacial score (nSPS) is 23.1. The second-order valence-electron chi connectivity index (χ2n) is 8.82. The van der Waals surface area contributed by atoms with Crippen molar-refractivity contribution in [3.8, 4) is 11.5 Å². The number of amides is 1. The van der Waals surface area contributed by atoms with Crippen LogP contribution in [-0.2, 0) is 9.53 Å². The van der Waals surface area contributed by atoms with Gasteiger partial charge in [-0.15, -0.1) is 0 Å². The fourth-order valence-electron chi connectivity index (χ4n) is 5.41. The molecule has 2 saturated carbocycles. The number of nitrogens with zero attached hydrogens (tertiary/aromatic N) is 1. The fourth-order valence-corrected chi connectivity index (χ4v) is 5.41. The van der Waals surface area contributed by atoms with E-state index in [1.54, 1.807) is 24.5 Å². The van der Waals surface area contributed by atoms with E-state index >= 15 is 0 Å². The molecule has 2 bridgehead atoms. The molecule has 0 saturated heterocycles. The highest BCUT2D eigenvalue weighted by Gasteiger charge is 2.42. The number of aromatic nitrogens is 1. The summed E-state index contributed by atoms with van der Waals surface area (Å²) in [6, 6.07) is 12.7. The molecule has 2 aliphatic rings. The lowest BCUT2D eigenvalue weighted by Gasteiger charge is -2.28. The van der Waals surface area contributed by atoms with Crippen molar-refractivity contribution in [2.75, 3.05) is 6.61 Å². The van der Waals surface area contributed by atoms with Crippen LogP contribution in [0, 0.1) is 17.8 Å². The van der Waals surface area contributed by atoms with E-state index in [4.69, 9.17) is 9.15 Å². The maximum Gasteiger partial charge on any atom is 0.339 e. The summed E-state index contributed by atoms with van der Waals surface area (Å²) >= 11 is 0. The number of nitrogens with one attached hydrogen (secondary N) is 1. The van der Waals surface area contributed by atoms with Gasteiger partial charge in [-0.2, -0.15) is 0 Å². The van der Waals surface area contributed by atoms with E-state index < -0.39 is 5.97 Å². The zero-order valence-electron chi connectivity index (χ0n) is 17.5. The average Bonchev–Trinajstić information content (AvgIpc) is 3.55. The smallest absolute Gasteiger partial charge is 0.339 e. The topological polar surface area (TPSA) is 81.4 Å². The molecule has 2 heterocycles. The number of rotatable bonds is 6. The summed E-state index contributed by atoms with van der Waals surface area (Å²) in [4.78, 5) is 29.9. The zero-order chi connectivity index (χ0) is 21.4. The van der Waals surface area contributed by atoms with E-state index in [1.165, 1.54) is 25.7 Å². The standard InChI is InChI=1S/C25H26N2O4/c1-15(19-12-16-8-9-17(19)11-16)26-24(28)14-31-25(29)20-13-22(23-7-4-10-30-23)27-21-6-3-2-5-18(20)21/h2-7,10,13,15-17,19H,8-9,11-12,14H2,1H3,(H,26,28)/t15-,16+,17+,19+/m1/s1. The number of carbonyl (C=O) groups is 2. The lowest BCUT2D eigenvalue weighted by Crippen LogP contribution is -2.42. The Labute approximate surface area is 181 Å². The Morgan fingerprint density at radius 2 is 2.06 bits per heavy atom. The number of carbonyl (C=O) groups excluding carboxylic acids is 2. The Balaban J connectivity index is 1.27. The Bertz CT molecular complexity index is 1110. The van der Waals surface area contributed by atoms with Crippen LogP contribution < -0.4 is 5.32 Å². The number of furan rings is 1. The molecule has 160 valence electrons. The lowest BCUT2D eigenvalue weighted by molar-refractivity contribution is -0.125. The van der Waals surface area contributed by atoms with Gasteiger partial charge in [0.05, 0.1) is 17.3 Å². The van der Waals surface area contributed by atoms with Gasteiger partial charge in [0, 0.05) is 11.4 Å². The van der Waals surface area contributed by atoms with Crippen molar-refractivity contribution >= 4 is 22.8 Å². The van der Waals surface area contributed by atoms with Crippen LogP contribution in [0.15, 0.2) is 53.1 Å². The molecule has 0 spiro atoms. The van der Waals surface area contributed by atoms with Gasteiger partial charge in [-0.1, -0.05) is 24.6 Å². The quantitative estimate of drug-likeness (QED) is 0.592. The molecule has 5 rings (SSSR count). The van der Waals surface area contributed by atoms with Crippen LogP contribution in [-0.4, -0.2) is 29.5 Å². The molecule has 3 aromatic rings. The minimum atomic E-state index is -0.547. The van der Waals surface area contributed by atoms with Gasteiger partial charge < -0.3 is 14.5 Å². The molecule has 2 fully saturated rings. The van der Waals surface area contributed by atoms with E-state index in [-0.39, 0.29) is 18.6 Å². The van der Waals surface area contributed by atoms with Crippen LogP contribution in [0.4, 0.5) is 0 Å². The Morgan fingerprint density at radius 3 is 2.81 bits per heavy atom. The number of ether oxygens (including phenoxy) is 1. The Hall–Kier alpha value is -3.15. The molecule has 1 amide bonds. The summed E-state index contributed by atoms with van der Waals surface area (Å²) < 4.78 is 10.8. The first-order chi connectivity index (χ1) is 15.1. The number of para-hydroxylation sites is 1. The van der Waals surface area contributed by atoms with Crippen molar-refractivity contribution in [2.45, 2.75) is 38.6 Å². The summed E-state index contributed by atoms with van der Waals surface area (Å²) in [5.74, 6) is 1.86. The van der Waals surface area contributed by atoms with Crippen LogP contribution >= 0.6 is 0 Å². The number of pyridine rings is 1. The van der Waals surface area contributed by atoms with Crippen LogP contribution in [0.2, 0.25) is 0 Å². The first-order valence-corrected chi connectivity index (χ1v) is 11.0. The molecule has 0 unspecified atom stereocenters. The molecule has 0 aliphatic heterocycles. The highest BCUT2D eigenvalue weighted by molar-refractivity contribution is 6.05. The second-order valence-corrected chi connectivity index (χ2v) is 8.82. The number of hydrogen-bond acceptors (Lipinski definition) is 5. The number of esters is 1. The van der Waals surface area contributed by atoms with Gasteiger partial charge in [0.15, 0.2) is 12.4 Å². The maximum absolute atomic E-state index is 12.9. The van der Waals surface area contributed by atoms with E-state index in [2.05, 4.69) is 17.2 Å². The maximum atomic E-state index is 12.9. The van der Waals surface area contributed by atoms with Gasteiger partial charge in [0.1, 0.15) is 5.69 Å². The van der Waals surface area contributed by atoms with Crippen LogP contribution in [0.5, 0.6) is 0 Å². The molecule has 6 nitrogen and oxygen atoms in total. The Kier molecular flexibility index (Phi) is 5.22. The summed E-state index contributed by atoms with van der Waals surface area (Å²) in [6.45, 7) is 1.77. The van der Waals surface area contributed by atoms with Crippen LogP contribution in [0.25, 0.3) is 22.4 Å². The number of fused-ring (bicyclic) bond motifs is 3. The highest BCUT2D eigenvalue weighted by atomic mass is 16.5. The van der Waals surface area contributed by atoms with E-state index in [9.17, 15) is 9.59 Å². The van der Waals surface area contributed by atoms with Crippen molar-refractivity contribution in [2.24, 2.45) is 17.8 Å². The van der Waals surface area contributed by atoms with Crippen molar-refractivity contribution < 1.29 is 18.7 Å². The summed E-state index contributed by atoms with van der Waals surface area (Å²) in [6.07, 6.45) is 6.67. The van der Waals surface area contributed by atoms with Gasteiger partial charge in [-0.25, -0.2) is 9.78 Å². The highest BCUT2D eigenvalue weighted by Crippen LogP contribution is 2.49. The van der Waals surface area contributed by atoms with Gasteiger partial charge in [0.25, 0.3) is 5.91 Å². The fraction of sp³-hybridized carbons (Fsp3) is 0.400. The lowest BCUT2D eigenvalue weighted by atomic mass is 9.84.